The zero-order chi connectivity index (χ0) is 7.94. The number of nitrogens with one attached hydrogen (secondary N) is 1. The van der Waals surface area contributed by atoms with Gasteiger partial charge in [0, 0.05) is 11.8 Å². The van der Waals surface area contributed by atoms with Crippen LogP contribution in [0.3, 0.4) is 0 Å². The Labute approximate surface area is 74.5 Å². The van der Waals surface area contributed by atoms with Gasteiger partial charge < -0.3 is 0 Å². The van der Waals surface area contributed by atoms with Crippen molar-refractivity contribution in [2.75, 3.05) is 5.75 Å². The van der Waals surface area contributed by atoms with E-state index in [0.717, 1.165) is 6.04 Å². The second kappa shape index (κ2) is 5.90. The lowest BCUT2D eigenvalue weighted by Gasteiger charge is -2.21. The molecule has 66 valence electrons. The minimum Gasteiger partial charge on any atom is -0.261 e. The Hall–Kier alpha value is 0.310. The first-order valence-electron chi connectivity index (χ1n) is 4.81. The third kappa shape index (κ3) is 4.02. The smallest absolute Gasteiger partial charge is 0.0171 e. The first-order valence-corrected chi connectivity index (χ1v) is 5.79. The molecule has 11 heavy (non-hydrogen) atoms. The average molecular weight is 173 g/mol. The van der Waals surface area contributed by atoms with Crippen LogP contribution in [-0.2, 0) is 0 Å². The van der Waals surface area contributed by atoms with Crippen molar-refractivity contribution in [2.45, 2.75) is 51.5 Å². The second-order valence-electron chi connectivity index (χ2n) is 3.30. The van der Waals surface area contributed by atoms with Crippen molar-refractivity contribution in [3.05, 3.63) is 0 Å². The van der Waals surface area contributed by atoms with E-state index in [1.165, 1.54) is 44.3 Å². The van der Waals surface area contributed by atoms with Crippen LogP contribution in [0.1, 0.15) is 45.4 Å². The molecular weight excluding hydrogens is 154 g/mol. The highest BCUT2D eigenvalue weighted by atomic mass is 32.2. The molecule has 0 aromatic carbocycles. The van der Waals surface area contributed by atoms with E-state index < -0.39 is 0 Å². The third-order valence-corrected chi connectivity index (χ3v) is 3.27. The number of hydrogen-bond acceptors (Lipinski definition) is 2. The first kappa shape index (κ1) is 9.40. The van der Waals surface area contributed by atoms with Gasteiger partial charge >= 0.3 is 0 Å². The monoisotopic (exact) mass is 173 g/mol. The molecule has 1 fully saturated rings. The summed E-state index contributed by atoms with van der Waals surface area (Å²) in [7, 11) is 0. The molecule has 1 N–H and O–H groups in total. The second-order valence-corrected chi connectivity index (χ2v) is 4.23. The molecule has 2 heteroatoms. The molecule has 0 bridgehead atoms. The zero-order valence-electron chi connectivity index (χ0n) is 7.44. The molecule has 1 rings (SSSR count). The van der Waals surface area contributed by atoms with Gasteiger partial charge in [-0.25, -0.2) is 0 Å². The van der Waals surface area contributed by atoms with Crippen molar-refractivity contribution < 1.29 is 0 Å². The maximum atomic E-state index is 3.54. The van der Waals surface area contributed by atoms with Gasteiger partial charge in [0.1, 0.15) is 0 Å². The third-order valence-electron chi connectivity index (χ3n) is 2.16. The molecule has 1 aliphatic rings. The SMILES string of the molecule is CCCSNC1CCCCC1. The van der Waals surface area contributed by atoms with Crippen LogP contribution in [0, 0.1) is 0 Å². The molecule has 0 spiro atoms. The molecule has 0 amide bonds. The van der Waals surface area contributed by atoms with Crippen LogP contribution in [-0.4, -0.2) is 11.8 Å². The highest BCUT2D eigenvalue weighted by Crippen LogP contribution is 2.19. The van der Waals surface area contributed by atoms with Crippen LogP contribution in [0.2, 0.25) is 0 Å². The van der Waals surface area contributed by atoms with Crippen molar-refractivity contribution >= 4 is 11.9 Å². The molecular formula is C9H19NS. The molecule has 0 aliphatic heterocycles. The standard InChI is InChI=1S/C9H19NS/c1-2-8-11-10-9-6-4-3-5-7-9/h9-10H,2-8H2,1H3. The van der Waals surface area contributed by atoms with Gasteiger partial charge in [-0.15, -0.1) is 0 Å². The molecule has 0 aromatic heterocycles. The summed E-state index contributed by atoms with van der Waals surface area (Å²) in [4.78, 5) is 0. The molecule has 0 saturated heterocycles. The van der Waals surface area contributed by atoms with Gasteiger partial charge in [-0.2, -0.15) is 0 Å². The predicted octanol–water partition coefficient (Wildman–Crippen LogP) is 2.97. The van der Waals surface area contributed by atoms with E-state index in [4.69, 9.17) is 0 Å². The Kier molecular flexibility index (Phi) is 5.04. The first-order chi connectivity index (χ1) is 5.43. The minimum absolute atomic E-state index is 0.820. The van der Waals surface area contributed by atoms with Crippen molar-refractivity contribution in [3.63, 3.8) is 0 Å². The lowest BCUT2D eigenvalue weighted by atomic mass is 9.96. The molecule has 0 aromatic rings. The summed E-state index contributed by atoms with van der Waals surface area (Å²) in [6.07, 6.45) is 8.41. The molecule has 1 nitrogen and oxygen atoms in total. The van der Waals surface area contributed by atoms with E-state index in [2.05, 4.69) is 11.6 Å². The molecule has 0 heterocycles. The van der Waals surface area contributed by atoms with Crippen molar-refractivity contribution in [1.29, 1.82) is 0 Å². The van der Waals surface area contributed by atoms with Crippen LogP contribution in [0.4, 0.5) is 0 Å². The number of hydrogen-bond donors (Lipinski definition) is 1. The van der Waals surface area contributed by atoms with Crippen LogP contribution >= 0.6 is 11.9 Å². The maximum Gasteiger partial charge on any atom is 0.0171 e. The Bertz CT molecular complexity index is 89.6. The van der Waals surface area contributed by atoms with Gasteiger partial charge in [-0.05, 0) is 19.3 Å². The Morgan fingerprint density at radius 3 is 2.64 bits per heavy atom. The fraction of sp³-hybridized carbons (Fsp3) is 1.00. The van der Waals surface area contributed by atoms with Crippen LogP contribution in [0.25, 0.3) is 0 Å². The normalized spacial score (nSPS) is 20.5. The lowest BCUT2D eigenvalue weighted by molar-refractivity contribution is 0.423. The predicted molar refractivity (Wildman–Crippen MR) is 52.8 cm³/mol. The fourth-order valence-corrected chi connectivity index (χ4v) is 2.29. The molecule has 1 aliphatic carbocycles. The van der Waals surface area contributed by atoms with Gasteiger partial charge in [-0.1, -0.05) is 38.1 Å². The highest BCUT2D eigenvalue weighted by Gasteiger charge is 2.11. The summed E-state index contributed by atoms with van der Waals surface area (Å²) in [6, 6.07) is 0.820. The average Bonchev–Trinajstić information content (AvgIpc) is 2.07. The summed E-state index contributed by atoms with van der Waals surface area (Å²) in [6.45, 7) is 2.23. The van der Waals surface area contributed by atoms with Crippen LogP contribution in [0.5, 0.6) is 0 Å². The van der Waals surface area contributed by atoms with E-state index in [0.29, 0.717) is 0 Å². The van der Waals surface area contributed by atoms with Gasteiger partial charge in [0.2, 0.25) is 0 Å². The molecule has 0 unspecified atom stereocenters. The van der Waals surface area contributed by atoms with Gasteiger partial charge in [0.05, 0.1) is 0 Å². The van der Waals surface area contributed by atoms with Crippen molar-refractivity contribution in [1.82, 2.24) is 4.72 Å². The van der Waals surface area contributed by atoms with E-state index in [1.54, 1.807) is 0 Å². The summed E-state index contributed by atoms with van der Waals surface area (Å²) in [5.41, 5.74) is 0. The topological polar surface area (TPSA) is 12.0 Å². The highest BCUT2D eigenvalue weighted by molar-refractivity contribution is 7.97. The van der Waals surface area contributed by atoms with Gasteiger partial charge in [0.15, 0.2) is 0 Å². The van der Waals surface area contributed by atoms with E-state index >= 15 is 0 Å². The van der Waals surface area contributed by atoms with E-state index in [9.17, 15) is 0 Å². The zero-order valence-corrected chi connectivity index (χ0v) is 8.25. The van der Waals surface area contributed by atoms with E-state index in [1.807, 2.05) is 11.9 Å². The Balaban J connectivity index is 1.96. The van der Waals surface area contributed by atoms with Crippen LogP contribution < -0.4 is 4.72 Å². The molecule has 1 saturated carbocycles. The number of rotatable bonds is 4. The van der Waals surface area contributed by atoms with Gasteiger partial charge in [-0.3, -0.25) is 4.72 Å². The minimum atomic E-state index is 0.820. The largest absolute Gasteiger partial charge is 0.261 e. The van der Waals surface area contributed by atoms with Crippen molar-refractivity contribution in [2.24, 2.45) is 0 Å². The quantitative estimate of drug-likeness (QED) is 0.518. The van der Waals surface area contributed by atoms with Crippen molar-refractivity contribution in [3.8, 4) is 0 Å². The summed E-state index contributed by atoms with van der Waals surface area (Å²) >= 11 is 1.91. The van der Waals surface area contributed by atoms with Crippen LogP contribution in [0.15, 0.2) is 0 Å². The van der Waals surface area contributed by atoms with E-state index in [-0.39, 0.29) is 0 Å². The fourth-order valence-electron chi connectivity index (χ4n) is 1.50. The Morgan fingerprint density at radius 1 is 1.27 bits per heavy atom. The summed E-state index contributed by atoms with van der Waals surface area (Å²) in [5, 5.41) is 0. The molecule has 0 radical (unpaired) electrons. The molecule has 0 atom stereocenters. The summed E-state index contributed by atoms with van der Waals surface area (Å²) < 4.78 is 3.54. The Morgan fingerprint density at radius 2 is 2.00 bits per heavy atom. The van der Waals surface area contributed by atoms with Gasteiger partial charge in [0.25, 0.3) is 0 Å². The summed E-state index contributed by atoms with van der Waals surface area (Å²) in [5.74, 6) is 1.26. The lowest BCUT2D eigenvalue weighted by Crippen LogP contribution is -2.25. The maximum absolute atomic E-state index is 3.54.